The van der Waals surface area contributed by atoms with Gasteiger partial charge < -0.3 is 16.0 Å². The van der Waals surface area contributed by atoms with Gasteiger partial charge in [-0.3, -0.25) is 9.79 Å². The summed E-state index contributed by atoms with van der Waals surface area (Å²) in [5, 5.41) is 9.75. The maximum absolute atomic E-state index is 12.1. The van der Waals surface area contributed by atoms with E-state index in [0.717, 1.165) is 32.1 Å². The fraction of sp³-hybridized carbons (Fsp3) is 0.600. The summed E-state index contributed by atoms with van der Waals surface area (Å²) in [4.78, 5) is 16.4. The lowest BCUT2D eigenvalue weighted by Crippen LogP contribution is -2.49. The Balaban J connectivity index is 1.43. The van der Waals surface area contributed by atoms with Gasteiger partial charge in [-0.1, -0.05) is 43.5 Å². The summed E-state index contributed by atoms with van der Waals surface area (Å²) in [7, 11) is 1.76. The Labute approximate surface area is 150 Å². The predicted molar refractivity (Wildman–Crippen MR) is 102 cm³/mol. The zero-order valence-corrected chi connectivity index (χ0v) is 15.2. The molecule has 1 saturated carbocycles. The predicted octanol–water partition coefficient (Wildman–Crippen LogP) is 2.16. The lowest BCUT2D eigenvalue weighted by Gasteiger charge is -2.27. The second-order valence-corrected chi connectivity index (χ2v) is 7.18. The summed E-state index contributed by atoms with van der Waals surface area (Å²) in [5.41, 5.74) is 2.87. The van der Waals surface area contributed by atoms with Gasteiger partial charge in [0.05, 0.1) is 6.54 Å². The van der Waals surface area contributed by atoms with Crippen LogP contribution in [0.3, 0.4) is 0 Å². The zero-order valence-electron chi connectivity index (χ0n) is 15.2. The Morgan fingerprint density at radius 2 is 1.80 bits per heavy atom. The summed E-state index contributed by atoms with van der Waals surface area (Å²) in [6, 6.07) is 9.35. The number of rotatable bonds is 4. The van der Waals surface area contributed by atoms with Gasteiger partial charge in [0.25, 0.3) is 0 Å². The maximum Gasteiger partial charge on any atom is 0.239 e. The second kappa shape index (κ2) is 8.88. The highest BCUT2D eigenvalue weighted by atomic mass is 16.2. The SMILES string of the molecule is CN=C(NCC(=O)NC1CCCCC1)NC1CCc2ccccc2C1. The highest BCUT2D eigenvalue weighted by molar-refractivity contribution is 5.86. The molecule has 5 heteroatoms. The normalized spacial score (nSPS) is 21.3. The van der Waals surface area contributed by atoms with Crippen LogP contribution in [0.2, 0.25) is 0 Å². The van der Waals surface area contributed by atoms with Crippen molar-refractivity contribution in [2.75, 3.05) is 13.6 Å². The highest BCUT2D eigenvalue weighted by Crippen LogP contribution is 2.21. The first-order chi connectivity index (χ1) is 12.2. The summed E-state index contributed by atoms with van der Waals surface area (Å²) < 4.78 is 0. The van der Waals surface area contributed by atoms with Crippen molar-refractivity contribution in [3.63, 3.8) is 0 Å². The molecule has 1 unspecified atom stereocenters. The summed E-state index contributed by atoms with van der Waals surface area (Å²) >= 11 is 0. The van der Waals surface area contributed by atoms with Crippen LogP contribution in [0, 0.1) is 0 Å². The zero-order chi connectivity index (χ0) is 17.5. The Kier molecular flexibility index (Phi) is 6.31. The van der Waals surface area contributed by atoms with Gasteiger partial charge in [-0.25, -0.2) is 0 Å². The molecular formula is C20H30N4O. The van der Waals surface area contributed by atoms with E-state index in [-0.39, 0.29) is 12.5 Å². The Hall–Kier alpha value is -2.04. The van der Waals surface area contributed by atoms with Crippen molar-refractivity contribution in [1.29, 1.82) is 0 Å². The minimum Gasteiger partial charge on any atom is -0.353 e. The topological polar surface area (TPSA) is 65.5 Å². The minimum absolute atomic E-state index is 0.0591. The van der Waals surface area contributed by atoms with Crippen LogP contribution in [0.4, 0.5) is 0 Å². The van der Waals surface area contributed by atoms with E-state index in [1.807, 2.05) is 0 Å². The number of fused-ring (bicyclic) bond motifs is 1. The van der Waals surface area contributed by atoms with E-state index < -0.39 is 0 Å². The summed E-state index contributed by atoms with van der Waals surface area (Å²) in [5.74, 6) is 0.770. The van der Waals surface area contributed by atoms with Crippen molar-refractivity contribution in [3.8, 4) is 0 Å². The molecular weight excluding hydrogens is 312 g/mol. The maximum atomic E-state index is 12.1. The molecule has 2 aliphatic rings. The van der Waals surface area contributed by atoms with Crippen LogP contribution in [0.5, 0.6) is 0 Å². The van der Waals surface area contributed by atoms with Crippen molar-refractivity contribution in [2.24, 2.45) is 4.99 Å². The molecule has 1 atom stereocenters. The number of nitrogens with one attached hydrogen (secondary N) is 3. The first kappa shape index (κ1) is 17.8. The smallest absolute Gasteiger partial charge is 0.239 e. The molecule has 1 amide bonds. The number of carbonyl (C=O) groups is 1. The van der Waals surface area contributed by atoms with Crippen molar-refractivity contribution in [3.05, 3.63) is 35.4 Å². The molecule has 0 aliphatic heterocycles. The number of aryl methyl sites for hydroxylation is 1. The number of hydrogen-bond acceptors (Lipinski definition) is 2. The van der Waals surface area contributed by atoms with E-state index in [4.69, 9.17) is 0 Å². The Morgan fingerprint density at radius 1 is 1.04 bits per heavy atom. The number of hydrogen-bond donors (Lipinski definition) is 3. The number of carbonyl (C=O) groups excluding carboxylic acids is 1. The van der Waals surface area contributed by atoms with Gasteiger partial charge in [-0.2, -0.15) is 0 Å². The molecule has 2 aliphatic carbocycles. The molecule has 0 saturated heterocycles. The number of amides is 1. The van der Waals surface area contributed by atoms with Gasteiger partial charge >= 0.3 is 0 Å². The van der Waals surface area contributed by atoms with Gasteiger partial charge in [-0.15, -0.1) is 0 Å². The average Bonchev–Trinajstić information content (AvgIpc) is 2.65. The third kappa shape index (κ3) is 5.21. The molecule has 1 fully saturated rings. The molecule has 1 aromatic carbocycles. The number of guanidine groups is 1. The fourth-order valence-corrected chi connectivity index (χ4v) is 3.90. The van der Waals surface area contributed by atoms with Crippen LogP contribution in [0.15, 0.2) is 29.3 Å². The first-order valence-corrected chi connectivity index (χ1v) is 9.58. The molecule has 0 heterocycles. The van der Waals surface area contributed by atoms with Gasteiger partial charge in [0.15, 0.2) is 5.96 Å². The Morgan fingerprint density at radius 3 is 2.56 bits per heavy atom. The minimum atomic E-state index is 0.0591. The Bertz CT molecular complexity index is 607. The van der Waals surface area contributed by atoms with Crippen molar-refractivity contribution in [1.82, 2.24) is 16.0 Å². The van der Waals surface area contributed by atoms with Gasteiger partial charge in [0.1, 0.15) is 0 Å². The van der Waals surface area contributed by atoms with Crippen molar-refractivity contribution < 1.29 is 4.79 Å². The van der Waals surface area contributed by atoms with Crippen molar-refractivity contribution >= 4 is 11.9 Å². The molecule has 0 bridgehead atoms. The third-order valence-corrected chi connectivity index (χ3v) is 5.30. The largest absolute Gasteiger partial charge is 0.353 e. The van der Waals surface area contributed by atoms with Gasteiger partial charge in [-0.05, 0) is 43.2 Å². The van der Waals surface area contributed by atoms with Crippen LogP contribution in [-0.2, 0) is 17.6 Å². The van der Waals surface area contributed by atoms with E-state index >= 15 is 0 Å². The van der Waals surface area contributed by atoms with E-state index in [1.165, 1.54) is 30.4 Å². The molecule has 3 rings (SSSR count). The van der Waals surface area contributed by atoms with Crippen LogP contribution in [0.25, 0.3) is 0 Å². The molecule has 0 aromatic heterocycles. The van der Waals surface area contributed by atoms with Crippen LogP contribution < -0.4 is 16.0 Å². The number of nitrogens with zero attached hydrogens (tertiary/aromatic N) is 1. The summed E-state index contributed by atoms with van der Waals surface area (Å²) in [6.07, 6.45) is 9.16. The van der Waals surface area contributed by atoms with E-state index in [9.17, 15) is 4.79 Å². The molecule has 136 valence electrons. The monoisotopic (exact) mass is 342 g/mol. The standard InChI is InChI=1S/C20H30N4O/c1-21-20(22-14-19(25)23-17-9-3-2-4-10-17)24-18-12-11-15-7-5-6-8-16(15)13-18/h5-8,17-18H,2-4,9-14H2,1H3,(H,23,25)(H2,21,22,24). The number of benzene rings is 1. The third-order valence-electron chi connectivity index (χ3n) is 5.30. The van der Waals surface area contributed by atoms with Crippen molar-refractivity contribution in [2.45, 2.75) is 63.5 Å². The molecule has 3 N–H and O–H groups in total. The van der Waals surface area contributed by atoms with Crippen LogP contribution in [0.1, 0.15) is 49.7 Å². The molecule has 1 aromatic rings. The van der Waals surface area contributed by atoms with Gasteiger partial charge in [0, 0.05) is 19.1 Å². The highest BCUT2D eigenvalue weighted by Gasteiger charge is 2.20. The van der Waals surface area contributed by atoms with E-state index in [0.29, 0.717) is 18.0 Å². The van der Waals surface area contributed by atoms with Crippen LogP contribution >= 0.6 is 0 Å². The molecule has 0 radical (unpaired) electrons. The van der Waals surface area contributed by atoms with Crippen LogP contribution in [-0.4, -0.2) is 37.5 Å². The molecule has 25 heavy (non-hydrogen) atoms. The fourth-order valence-electron chi connectivity index (χ4n) is 3.90. The lowest BCUT2D eigenvalue weighted by molar-refractivity contribution is -0.120. The van der Waals surface area contributed by atoms with Gasteiger partial charge in [0.2, 0.25) is 5.91 Å². The molecule has 5 nitrogen and oxygen atoms in total. The first-order valence-electron chi connectivity index (χ1n) is 9.58. The van der Waals surface area contributed by atoms with E-state index in [2.05, 4.69) is 45.2 Å². The quantitative estimate of drug-likeness (QED) is 0.580. The van der Waals surface area contributed by atoms with E-state index in [1.54, 1.807) is 7.05 Å². The summed E-state index contributed by atoms with van der Waals surface area (Å²) in [6.45, 7) is 0.277. The average molecular weight is 342 g/mol. The lowest BCUT2D eigenvalue weighted by atomic mass is 9.88. The number of aliphatic imine (C=N–C) groups is 1. The second-order valence-electron chi connectivity index (χ2n) is 7.18. The molecule has 0 spiro atoms.